The highest BCUT2D eigenvalue weighted by Crippen LogP contribution is 2.30. The summed E-state index contributed by atoms with van der Waals surface area (Å²) in [4.78, 5) is 12.7. The molecule has 1 N–H and O–H groups in total. The molecular weight excluding hydrogens is 486 g/mol. The third-order valence-electron chi connectivity index (χ3n) is 4.29. The van der Waals surface area contributed by atoms with Gasteiger partial charge >= 0.3 is 0 Å². The highest BCUT2D eigenvalue weighted by atomic mass is 35.5. The lowest BCUT2D eigenvalue weighted by atomic mass is 10.2. The lowest BCUT2D eigenvalue weighted by Crippen LogP contribution is -2.38. The molecule has 1 amide bonds. The molecule has 0 heterocycles. The Hall–Kier alpha value is -2.32. The Bertz CT molecular complexity index is 1240. The summed E-state index contributed by atoms with van der Waals surface area (Å²) in [6, 6.07) is 14.1. The number of carbonyl (C=O) groups is 1. The van der Waals surface area contributed by atoms with Crippen LogP contribution in [0.5, 0.6) is 0 Å². The van der Waals surface area contributed by atoms with E-state index in [0.29, 0.717) is 0 Å². The summed E-state index contributed by atoms with van der Waals surface area (Å²) in [5, 5.41) is 2.71. The van der Waals surface area contributed by atoms with Gasteiger partial charge in [0.1, 0.15) is 12.4 Å². The van der Waals surface area contributed by atoms with Crippen LogP contribution < -0.4 is 9.62 Å². The first-order valence-electron chi connectivity index (χ1n) is 8.87. The SMILES string of the molecule is Cc1ccc(S(=O)(=O)N(CC(=O)Nc2ccc(F)c(Cl)c2)c2ccc(Cl)c(Cl)c2)cc1. The number of hydrogen-bond acceptors (Lipinski definition) is 3. The normalized spacial score (nSPS) is 11.3. The number of aryl methyl sites for hydroxylation is 1. The second-order valence-electron chi connectivity index (χ2n) is 6.60. The maximum absolute atomic E-state index is 13.4. The van der Waals surface area contributed by atoms with Gasteiger partial charge in [-0.3, -0.25) is 9.10 Å². The second kappa shape index (κ2) is 9.44. The zero-order chi connectivity index (χ0) is 22.8. The molecule has 0 aromatic heterocycles. The van der Waals surface area contributed by atoms with E-state index in [1.807, 2.05) is 6.92 Å². The molecule has 0 atom stereocenters. The van der Waals surface area contributed by atoms with Crippen LogP contribution in [0.3, 0.4) is 0 Å². The predicted molar refractivity (Wildman–Crippen MR) is 122 cm³/mol. The number of halogens is 4. The van der Waals surface area contributed by atoms with Crippen molar-refractivity contribution in [2.24, 2.45) is 0 Å². The fourth-order valence-electron chi connectivity index (χ4n) is 2.70. The van der Waals surface area contributed by atoms with Crippen LogP contribution >= 0.6 is 34.8 Å². The quantitative estimate of drug-likeness (QED) is 0.455. The average molecular weight is 502 g/mol. The van der Waals surface area contributed by atoms with Gasteiger partial charge in [-0.2, -0.15) is 0 Å². The van der Waals surface area contributed by atoms with Gasteiger partial charge in [0.15, 0.2) is 0 Å². The van der Waals surface area contributed by atoms with E-state index >= 15 is 0 Å². The summed E-state index contributed by atoms with van der Waals surface area (Å²) < 4.78 is 40.9. The Balaban J connectivity index is 1.97. The van der Waals surface area contributed by atoms with Crippen molar-refractivity contribution in [2.45, 2.75) is 11.8 Å². The van der Waals surface area contributed by atoms with E-state index in [-0.39, 0.29) is 31.3 Å². The lowest BCUT2D eigenvalue weighted by Gasteiger charge is -2.24. The van der Waals surface area contributed by atoms with E-state index in [0.717, 1.165) is 15.9 Å². The van der Waals surface area contributed by atoms with E-state index in [4.69, 9.17) is 34.8 Å². The number of amides is 1. The number of hydrogen-bond donors (Lipinski definition) is 1. The third kappa shape index (κ3) is 5.49. The van der Waals surface area contributed by atoms with Gasteiger partial charge in [-0.25, -0.2) is 12.8 Å². The molecule has 3 aromatic carbocycles. The summed E-state index contributed by atoms with van der Waals surface area (Å²) in [7, 11) is -4.12. The van der Waals surface area contributed by atoms with Gasteiger partial charge in [0.25, 0.3) is 10.0 Å². The number of rotatable bonds is 6. The number of carbonyl (C=O) groups excluding carboxylic acids is 1. The van der Waals surface area contributed by atoms with Crippen molar-refractivity contribution in [1.29, 1.82) is 0 Å². The smallest absolute Gasteiger partial charge is 0.264 e. The molecule has 0 unspecified atom stereocenters. The van der Waals surface area contributed by atoms with E-state index in [2.05, 4.69) is 5.32 Å². The van der Waals surface area contributed by atoms with Crippen LogP contribution in [0.2, 0.25) is 15.1 Å². The van der Waals surface area contributed by atoms with E-state index in [1.54, 1.807) is 12.1 Å². The number of nitrogens with one attached hydrogen (secondary N) is 1. The molecule has 0 radical (unpaired) electrons. The first-order chi connectivity index (χ1) is 14.6. The summed E-state index contributed by atoms with van der Waals surface area (Å²) in [5.74, 6) is -1.30. The Kier molecular flexibility index (Phi) is 7.11. The average Bonchev–Trinajstić information content (AvgIpc) is 2.71. The maximum atomic E-state index is 13.4. The van der Waals surface area contributed by atoms with Crippen molar-refractivity contribution in [1.82, 2.24) is 0 Å². The van der Waals surface area contributed by atoms with Gasteiger partial charge in [-0.05, 0) is 55.5 Å². The van der Waals surface area contributed by atoms with Crippen molar-refractivity contribution in [2.75, 3.05) is 16.2 Å². The standard InChI is InChI=1S/C21H16Cl3FN2O3S/c1-13-2-6-16(7-3-13)31(29,30)27(15-5-8-17(22)18(23)11-15)12-21(28)26-14-4-9-20(25)19(24)10-14/h2-11H,12H2,1H3,(H,26,28). The first kappa shape index (κ1) is 23.3. The van der Waals surface area contributed by atoms with E-state index in [9.17, 15) is 17.6 Å². The van der Waals surface area contributed by atoms with Crippen LogP contribution in [0.4, 0.5) is 15.8 Å². The van der Waals surface area contributed by atoms with Crippen LogP contribution in [0.1, 0.15) is 5.56 Å². The van der Waals surface area contributed by atoms with Crippen LogP contribution in [-0.4, -0.2) is 20.9 Å². The van der Waals surface area contributed by atoms with Crippen molar-refractivity contribution < 1.29 is 17.6 Å². The molecule has 0 saturated carbocycles. The molecule has 0 fully saturated rings. The summed E-state index contributed by atoms with van der Waals surface area (Å²) in [6.07, 6.45) is 0. The Labute approximate surface area is 194 Å². The molecular formula is C21H16Cl3FN2O3S. The number of anilines is 2. The number of nitrogens with zero attached hydrogens (tertiary/aromatic N) is 1. The van der Waals surface area contributed by atoms with Crippen LogP contribution in [0, 0.1) is 12.7 Å². The Morgan fingerprint density at radius 2 is 1.61 bits per heavy atom. The minimum Gasteiger partial charge on any atom is -0.324 e. The molecule has 3 rings (SSSR count). The zero-order valence-corrected chi connectivity index (χ0v) is 19.2. The van der Waals surface area contributed by atoms with Gasteiger partial charge in [0.05, 0.1) is 25.7 Å². The Morgan fingerprint density at radius 1 is 0.935 bits per heavy atom. The van der Waals surface area contributed by atoms with E-state index < -0.39 is 28.3 Å². The summed E-state index contributed by atoms with van der Waals surface area (Å²) in [5.41, 5.74) is 1.26. The molecule has 162 valence electrons. The molecule has 3 aromatic rings. The zero-order valence-electron chi connectivity index (χ0n) is 16.1. The molecule has 0 aliphatic heterocycles. The van der Waals surface area contributed by atoms with Crippen molar-refractivity contribution >= 4 is 62.1 Å². The minimum absolute atomic E-state index is 0.00167. The van der Waals surface area contributed by atoms with Gasteiger partial charge in [-0.15, -0.1) is 0 Å². The highest BCUT2D eigenvalue weighted by molar-refractivity contribution is 7.92. The van der Waals surface area contributed by atoms with Gasteiger partial charge in [0.2, 0.25) is 5.91 Å². The fraction of sp³-hybridized carbons (Fsp3) is 0.0952. The van der Waals surface area contributed by atoms with Crippen LogP contribution in [0.25, 0.3) is 0 Å². The van der Waals surface area contributed by atoms with E-state index in [1.165, 1.54) is 42.5 Å². The molecule has 0 bridgehead atoms. The van der Waals surface area contributed by atoms with Crippen LogP contribution in [-0.2, 0) is 14.8 Å². The monoisotopic (exact) mass is 500 g/mol. The van der Waals surface area contributed by atoms with Crippen molar-refractivity contribution in [3.63, 3.8) is 0 Å². The topological polar surface area (TPSA) is 66.5 Å². The minimum atomic E-state index is -4.12. The summed E-state index contributed by atoms with van der Waals surface area (Å²) in [6.45, 7) is 1.26. The molecule has 0 spiro atoms. The van der Waals surface area contributed by atoms with Crippen molar-refractivity contribution in [3.8, 4) is 0 Å². The highest BCUT2D eigenvalue weighted by Gasteiger charge is 2.28. The largest absolute Gasteiger partial charge is 0.324 e. The first-order valence-corrected chi connectivity index (χ1v) is 11.4. The predicted octanol–water partition coefficient (Wildman–Crippen LogP) is 5.93. The van der Waals surface area contributed by atoms with Gasteiger partial charge in [-0.1, -0.05) is 52.5 Å². The third-order valence-corrected chi connectivity index (χ3v) is 7.11. The molecule has 0 saturated heterocycles. The van der Waals surface area contributed by atoms with Crippen LogP contribution in [0.15, 0.2) is 65.6 Å². The fourth-order valence-corrected chi connectivity index (χ4v) is 4.58. The Morgan fingerprint density at radius 3 is 2.23 bits per heavy atom. The molecule has 5 nitrogen and oxygen atoms in total. The number of sulfonamides is 1. The maximum Gasteiger partial charge on any atom is 0.264 e. The molecule has 0 aliphatic carbocycles. The van der Waals surface area contributed by atoms with Crippen molar-refractivity contribution in [3.05, 3.63) is 87.1 Å². The molecule has 10 heteroatoms. The lowest BCUT2D eigenvalue weighted by molar-refractivity contribution is -0.114. The second-order valence-corrected chi connectivity index (χ2v) is 9.68. The molecule has 31 heavy (non-hydrogen) atoms. The molecule has 0 aliphatic rings. The van der Waals surface area contributed by atoms with Gasteiger partial charge in [0, 0.05) is 5.69 Å². The van der Waals surface area contributed by atoms with Gasteiger partial charge < -0.3 is 5.32 Å². The number of benzene rings is 3. The summed E-state index contributed by atoms with van der Waals surface area (Å²) >= 11 is 17.8.